The van der Waals surface area contributed by atoms with Crippen LogP contribution in [0.4, 0.5) is 0 Å². The lowest BCUT2D eigenvalue weighted by Gasteiger charge is -2.26. The number of ether oxygens (including phenoxy) is 3. The van der Waals surface area contributed by atoms with Gasteiger partial charge in [-0.05, 0) is 52.0 Å². The zero-order chi connectivity index (χ0) is 14.8. The molecule has 1 aliphatic rings. The third kappa shape index (κ3) is 5.77. The maximum absolute atomic E-state index is 11.7. The number of unbranched alkanes of at least 4 members (excludes halogenated alkanes) is 1. The van der Waals surface area contributed by atoms with Gasteiger partial charge < -0.3 is 19.5 Å². The van der Waals surface area contributed by atoms with Crippen LogP contribution in [-0.4, -0.2) is 52.1 Å². The summed E-state index contributed by atoms with van der Waals surface area (Å²) < 4.78 is 15.9. The number of hydrogen-bond donors (Lipinski definition) is 1. The molecular formula is C15H29NO4. The second-order valence-electron chi connectivity index (χ2n) is 5.66. The number of esters is 1. The summed E-state index contributed by atoms with van der Waals surface area (Å²) in [5.74, 6) is 0.449. The van der Waals surface area contributed by atoms with E-state index in [1.165, 1.54) is 7.11 Å². The minimum Gasteiger partial charge on any atom is -0.468 e. The summed E-state index contributed by atoms with van der Waals surface area (Å²) in [5, 5.41) is 3.04. The van der Waals surface area contributed by atoms with Crippen LogP contribution in [0.1, 0.15) is 39.0 Å². The van der Waals surface area contributed by atoms with Crippen molar-refractivity contribution >= 4 is 5.97 Å². The highest BCUT2D eigenvalue weighted by atomic mass is 16.5. The zero-order valence-corrected chi connectivity index (χ0v) is 13.1. The number of nitrogens with one attached hydrogen (secondary N) is 1. The molecule has 0 bridgehead atoms. The first-order chi connectivity index (χ1) is 9.62. The van der Waals surface area contributed by atoms with Gasteiger partial charge in [0.2, 0.25) is 0 Å². The molecule has 1 rings (SSSR count). The maximum atomic E-state index is 11.7. The number of carbonyl (C=O) groups is 1. The van der Waals surface area contributed by atoms with Gasteiger partial charge in [0, 0.05) is 26.4 Å². The highest BCUT2D eigenvalue weighted by Gasteiger charge is 2.31. The van der Waals surface area contributed by atoms with Crippen molar-refractivity contribution in [2.45, 2.75) is 44.6 Å². The fraction of sp³-hybridized carbons (Fsp3) is 0.933. The molecule has 5 nitrogen and oxygen atoms in total. The smallest absolute Gasteiger partial charge is 0.325 e. The molecule has 0 aromatic carbocycles. The van der Waals surface area contributed by atoms with Crippen molar-refractivity contribution < 1.29 is 19.0 Å². The molecule has 0 spiro atoms. The van der Waals surface area contributed by atoms with Crippen molar-refractivity contribution in [1.82, 2.24) is 5.32 Å². The summed E-state index contributed by atoms with van der Waals surface area (Å²) in [6, 6.07) is 0. The van der Waals surface area contributed by atoms with Gasteiger partial charge in [0.1, 0.15) is 5.54 Å². The van der Waals surface area contributed by atoms with E-state index in [4.69, 9.17) is 14.2 Å². The van der Waals surface area contributed by atoms with E-state index in [9.17, 15) is 4.79 Å². The summed E-state index contributed by atoms with van der Waals surface area (Å²) in [6.07, 6.45) is 4.90. The molecular weight excluding hydrogens is 258 g/mol. The summed E-state index contributed by atoms with van der Waals surface area (Å²) in [7, 11) is 3.22. The Balaban J connectivity index is 2.07. The van der Waals surface area contributed by atoms with Crippen LogP contribution in [0.15, 0.2) is 0 Å². The standard InChI is InChI=1S/C15H29NO4/c1-15(16-2,14(17)18-3)8-4-5-9-20-12-13-6-10-19-11-7-13/h13,16H,4-12H2,1-3H3. The lowest BCUT2D eigenvalue weighted by molar-refractivity contribution is -0.148. The molecule has 0 aromatic rings. The molecule has 1 unspecified atom stereocenters. The van der Waals surface area contributed by atoms with E-state index in [1.807, 2.05) is 6.92 Å². The van der Waals surface area contributed by atoms with Gasteiger partial charge in [0.25, 0.3) is 0 Å². The molecule has 0 aromatic heterocycles. The third-order valence-electron chi connectivity index (χ3n) is 4.10. The van der Waals surface area contributed by atoms with Crippen LogP contribution in [0.25, 0.3) is 0 Å². The normalized spacial score (nSPS) is 19.6. The second-order valence-corrected chi connectivity index (χ2v) is 5.66. The second kappa shape index (κ2) is 9.32. The van der Waals surface area contributed by atoms with Crippen LogP contribution < -0.4 is 5.32 Å². The Morgan fingerprint density at radius 1 is 1.35 bits per heavy atom. The van der Waals surface area contributed by atoms with Gasteiger partial charge in [0.05, 0.1) is 7.11 Å². The SMILES string of the molecule is CNC(C)(CCCCOCC1CCOCC1)C(=O)OC. The minimum absolute atomic E-state index is 0.205. The van der Waals surface area contributed by atoms with E-state index in [0.717, 1.165) is 58.5 Å². The monoisotopic (exact) mass is 287 g/mol. The van der Waals surface area contributed by atoms with Crippen LogP contribution in [-0.2, 0) is 19.0 Å². The predicted molar refractivity (Wildman–Crippen MR) is 77.7 cm³/mol. The molecule has 1 heterocycles. The van der Waals surface area contributed by atoms with Gasteiger partial charge in [0.15, 0.2) is 0 Å². The van der Waals surface area contributed by atoms with Crippen LogP contribution >= 0.6 is 0 Å². The highest BCUT2D eigenvalue weighted by molar-refractivity contribution is 5.80. The van der Waals surface area contributed by atoms with Crippen LogP contribution in [0.3, 0.4) is 0 Å². The third-order valence-corrected chi connectivity index (χ3v) is 4.10. The molecule has 1 aliphatic heterocycles. The molecule has 0 aliphatic carbocycles. The number of rotatable bonds is 9. The quantitative estimate of drug-likeness (QED) is 0.517. The van der Waals surface area contributed by atoms with E-state index in [2.05, 4.69) is 5.32 Å². The summed E-state index contributed by atoms with van der Waals surface area (Å²) in [6.45, 7) is 5.21. The Morgan fingerprint density at radius 3 is 2.65 bits per heavy atom. The van der Waals surface area contributed by atoms with Crippen molar-refractivity contribution in [3.63, 3.8) is 0 Å². The number of carbonyl (C=O) groups excluding carboxylic acids is 1. The molecule has 1 atom stereocenters. The first-order valence-corrected chi connectivity index (χ1v) is 7.55. The van der Waals surface area contributed by atoms with E-state index in [-0.39, 0.29) is 5.97 Å². The molecule has 0 amide bonds. The van der Waals surface area contributed by atoms with Crippen LogP contribution in [0, 0.1) is 5.92 Å². The van der Waals surface area contributed by atoms with E-state index in [1.54, 1.807) is 7.05 Å². The molecule has 1 saturated heterocycles. The van der Waals surface area contributed by atoms with Gasteiger partial charge in [-0.25, -0.2) is 0 Å². The number of methoxy groups -OCH3 is 1. The summed E-state index contributed by atoms with van der Waals surface area (Å²) in [5.41, 5.74) is -0.588. The highest BCUT2D eigenvalue weighted by Crippen LogP contribution is 2.17. The fourth-order valence-electron chi connectivity index (χ4n) is 2.40. The van der Waals surface area contributed by atoms with Crippen molar-refractivity contribution in [3.8, 4) is 0 Å². The lowest BCUT2D eigenvalue weighted by atomic mass is 9.95. The summed E-state index contributed by atoms with van der Waals surface area (Å²) in [4.78, 5) is 11.7. The first kappa shape index (κ1) is 17.4. The van der Waals surface area contributed by atoms with Gasteiger partial charge in [-0.2, -0.15) is 0 Å². The van der Waals surface area contributed by atoms with Crippen molar-refractivity contribution in [1.29, 1.82) is 0 Å². The molecule has 1 N–H and O–H groups in total. The number of likely N-dealkylation sites (N-methyl/N-ethyl adjacent to an activating group) is 1. The Morgan fingerprint density at radius 2 is 2.05 bits per heavy atom. The Labute approximate surface area is 122 Å². The summed E-state index contributed by atoms with van der Waals surface area (Å²) >= 11 is 0. The van der Waals surface area contributed by atoms with E-state index < -0.39 is 5.54 Å². The predicted octanol–water partition coefficient (Wildman–Crippen LogP) is 1.75. The van der Waals surface area contributed by atoms with Crippen molar-refractivity contribution in [2.24, 2.45) is 5.92 Å². The zero-order valence-electron chi connectivity index (χ0n) is 13.1. The van der Waals surface area contributed by atoms with Crippen molar-refractivity contribution in [3.05, 3.63) is 0 Å². The average Bonchev–Trinajstić information content (AvgIpc) is 2.50. The van der Waals surface area contributed by atoms with Gasteiger partial charge >= 0.3 is 5.97 Å². The topological polar surface area (TPSA) is 56.8 Å². The minimum atomic E-state index is -0.588. The lowest BCUT2D eigenvalue weighted by Crippen LogP contribution is -2.48. The van der Waals surface area contributed by atoms with E-state index in [0.29, 0.717) is 5.92 Å². The molecule has 5 heteroatoms. The fourth-order valence-corrected chi connectivity index (χ4v) is 2.40. The Bertz CT molecular complexity index is 279. The molecule has 0 radical (unpaired) electrons. The van der Waals surface area contributed by atoms with E-state index >= 15 is 0 Å². The van der Waals surface area contributed by atoms with Gasteiger partial charge in [-0.15, -0.1) is 0 Å². The molecule has 118 valence electrons. The molecule has 0 saturated carbocycles. The molecule has 20 heavy (non-hydrogen) atoms. The van der Waals surface area contributed by atoms with Crippen LogP contribution in [0.2, 0.25) is 0 Å². The first-order valence-electron chi connectivity index (χ1n) is 7.55. The molecule has 1 fully saturated rings. The van der Waals surface area contributed by atoms with Gasteiger partial charge in [-0.1, -0.05) is 0 Å². The van der Waals surface area contributed by atoms with Crippen LogP contribution in [0.5, 0.6) is 0 Å². The average molecular weight is 287 g/mol. The number of hydrogen-bond acceptors (Lipinski definition) is 5. The maximum Gasteiger partial charge on any atom is 0.325 e. The Kier molecular flexibility index (Phi) is 8.11. The largest absolute Gasteiger partial charge is 0.468 e. The van der Waals surface area contributed by atoms with Crippen molar-refractivity contribution in [2.75, 3.05) is 40.6 Å². The van der Waals surface area contributed by atoms with Gasteiger partial charge in [-0.3, -0.25) is 4.79 Å². The Hall–Kier alpha value is -0.650.